The van der Waals surface area contributed by atoms with Crippen LogP contribution in [0.15, 0.2) is 29.2 Å². The Labute approximate surface area is 134 Å². The smallest absolute Gasteiger partial charge is 0.324 e. The second-order valence-electron chi connectivity index (χ2n) is 5.38. The number of nitrogens with zero attached hydrogens (tertiary/aromatic N) is 2. The van der Waals surface area contributed by atoms with Crippen LogP contribution >= 0.6 is 0 Å². The third kappa shape index (κ3) is 2.66. The maximum Gasteiger partial charge on any atom is 0.324 e. The van der Waals surface area contributed by atoms with Crippen LogP contribution < -0.4 is 10.1 Å². The molecule has 1 N–H and O–H groups in total. The van der Waals surface area contributed by atoms with Crippen LogP contribution in [-0.4, -0.2) is 62.3 Å². The van der Waals surface area contributed by atoms with Crippen molar-refractivity contribution in [1.29, 1.82) is 0 Å². The molecule has 3 amide bonds. The van der Waals surface area contributed by atoms with Gasteiger partial charge in [-0.05, 0) is 18.6 Å². The van der Waals surface area contributed by atoms with E-state index in [2.05, 4.69) is 5.32 Å². The summed E-state index contributed by atoms with van der Waals surface area (Å²) in [5, 5.41) is 2.45. The van der Waals surface area contributed by atoms with Gasteiger partial charge in [-0.25, -0.2) is 13.2 Å². The zero-order chi connectivity index (χ0) is 16.6. The van der Waals surface area contributed by atoms with E-state index in [1.807, 2.05) is 0 Å². The largest absolute Gasteiger partial charge is 0.495 e. The van der Waals surface area contributed by atoms with Crippen molar-refractivity contribution in [2.24, 2.45) is 0 Å². The Morgan fingerprint density at radius 2 is 2.00 bits per heavy atom. The highest BCUT2D eigenvalue weighted by Gasteiger charge is 2.42. The lowest BCUT2D eigenvalue weighted by molar-refractivity contribution is -0.126. The van der Waals surface area contributed by atoms with Gasteiger partial charge in [0.1, 0.15) is 10.6 Å². The van der Waals surface area contributed by atoms with Crippen LogP contribution in [0.25, 0.3) is 0 Å². The van der Waals surface area contributed by atoms with E-state index in [0.29, 0.717) is 6.42 Å². The fourth-order valence-electron chi connectivity index (χ4n) is 2.91. The summed E-state index contributed by atoms with van der Waals surface area (Å²) < 4.78 is 32.0. The van der Waals surface area contributed by atoms with Crippen molar-refractivity contribution >= 4 is 22.0 Å². The molecule has 0 unspecified atom stereocenters. The maximum atomic E-state index is 12.8. The van der Waals surface area contributed by atoms with Crippen molar-refractivity contribution < 1.29 is 22.7 Å². The molecule has 23 heavy (non-hydrogen) atoms. The predicted molar refractivity (Wildman–Crippen MR) is 80.4 cm³/mol. The minimum Gasteiger partial charge on any atom is -0.495 e. The first kappa shape index (κ1) is 15.8. The van der Waals surface area contributed by atoms with Gasteiger partial charge in [0.2, 0.25) is 15.9 Å². The molecule has 2 heterocycles. The van der Waals surface area contributed by atoms with Gasteiger partial charge >= 0.3 is 6.03 Å². The fraction of sp³-hybridized carbons (Fsp3) is 0.429. The highest BCUT2D eigenvalue weighted by Crippen LogP contribution is 2.29. The molecule has 1 atom stereocenters. The monoisotopic (exact) mass is 339 g/mol. The molecule has 0 aromatic heterocycles. The van der Waals surface area contributed by atoms with Crippen LogP contribution in [0.1, 0.15) is 6.42 Å². The minimum absolute atomic E-state index is 0.0331. The Bertz CT molecular complexity index is 733. The molecule has 0 radical (unpaired) electrons. The molecular formula is C14H17N3O5S. The molecule has 0 bridgehead atoms. The number of hydrogen-bond acceptors (Lipinski definition) is 5. The topological polar surface area (TPSA) is 96.0 Å². The van der Waals surface area contributed by atoms with E-state index in [0.717, 1.165) is 4.90 Å². The molecule has 2 fully saturated rings. The van der Waals surface area contributed by atoms with Crippen molar-refractivity contribution in [2.75, 3.05) is 26.7 Å². The Morgan fingerprint density at radius 1 is 1.26 bits per heavy atom. The van der Waals surface area contributed by atoms with Crippen molar-refractivity contribution in [2.45, 2.75) is 17.4 Å². The van der Waals surface area contributed by atoms with Crippen LogP contribution in [0.2, 0.25) is 0 Å². The first-order valence-electron chi connectivity index (χ1n) is 7.18. The summed E-state index contributed by atoms with van der Waals surface area (Å²) in [6.45, 7) is 0.316. The number of nitrogens with one attached hydrogen (secondary N) is 1. The van der Waals surface area contributed by atoms with Gasteiger partial charge in [-0.3, -0.25) is 9.69 Å². The number of ether oxygens (including phenoxy) is 1. The predicted octanol–water partition coefficient (Wildman–Crippen LogP) is 0.0100. The zero-order valence-corrected chi connectivity index (χ0v) is 13.4. The number of benzene rings is 1. The average molecular weight is 339 g/mol. The summed E-state index contributed by atoms with van der Waals surface area (Å²) in [7, 11) is -2.33. The van der Waals surface area contributed by atoms with Crippen molar-refractivity contribution in [1.82, 2.24) is 14.5 Å². The molecule has 124 valence electrons. The number of imide groups is 1. The highest BCUT2D eigenvalue weighted by molar-refractivity contribution is 7.89. The summed E-state index contributed by atoms with van der Waals surface area (Å²) in [5.41, 5.74) is 0. The number of para-hydroxylation sites is 1. The first-order chi connectivity index (χ1) is 10.9. The van der Waals surface area contributed by atoms with Gasteiger partial charge in [0.25, 0.3) is 0 Å². The van der Waals surface area contributed by atoms with E-state index in [1.165, 1.54) is 17.5 Å². The summed E-state index contributed by atoms with van der Waals surface area (Å²) in [5.74, 6) is -0.0533. The van der Waals surface area contributed by atoms with Crippen molar-refractivity contribution in [3.63, 3.8) is 0 Å². The molecule has 2 saturated heterocycles. The Kier molecular flexibility index (Phi) is 3.99. The van der Waals surface area contributed by atoms with Gasteiger partial charge in [0.15, 0.2) is 0 Å². The van der Waals surface area contributed by atoms with Crippen LogP contribution in [0.3, 0.4) is 0 Å². The number of methoxy groups -OCH3 is 1. The second kappa shape index (κ2) is 5.82. The van der Waals surface area contributed by atoms with Crippen LogP contribution in [0.5, 0.6) is 5.75 Å². The number of sulfonamides is 1. The maximum absolute atomic E-state index is 12.8. The van der Waals surface area contributed by atoms with Gasteiger partial charge in [0.05, 0.1) is 19.7 Å². The van der Waals surface area contributed by atoms with Crippen LogP contribution in [0.4, 0.5) is 4.79 Å². The van der Waals surface area contributed by atoms with Gasteiger partial charge in [-0.1, -0.05) is 12.1 Å². The van der Waals surface area contributed by atoms with E-state index < -0.39 is 22.1 Å². The van der Waals surface area contributed by atoms with Gasteiger partial charge < -0.3 is 10.1 Å². The molecule has 8 nitrogen and oxygen atoms in total. The molecule has 2 aliphatic rings. The van der Waals surface area contributed by atoms with Crippen LogP contribution in [-0.2, 0) is 14.8 Å². The highest BCUT2D eigenvalue weighted by atomic mass is 32.2. The fourth-order valence-corrected chi connectivity index (χ4v) is 4.56. The summed E-state index contributed by atoms with van der Waals surface area (Å²) in [6, 6.07) is 5.48. The Balaban J connectivity index is 1.83. The quantitative estimate of drug-likeness (QED) is 0.780. The number of hydrogen-bond donors (Lipinski definition) is 1. The number of amides is 3. The van der Waals surface area contributed by atoms with E-state index in [1.54, 1.807) is 18.2 Å². The van der Waals surface area contributed by atoms with Gasteiger partial charge in [0, 0.05) is 13.1 Å². The van der Waals surface area contributed by atoms with Crippen LogP contribution in [0, 0.1) is 0 Å². The lowest BCUT2D eigenvalue weighted by atomic mass is 10.2. The standard InChI is InChI=1S/C14H17N3O5S/c1-22-11-4-2-3-5-12(11)23(20,21)16-7-6-10(9-16)17-13(18)8-15-14(17)19/h2-5,10H,6-9H2,1H3,(H,15,19)/t10-/m1/s1. The molecule has 2 aliphatic heterocycles. The first-order valence-corrected chi connectivity index (χ1v) is 8.62. The number of urea groups is 1. The van der Waals surface area contributed by atoms with E-state index in [-0.39, 0.29) is 36.2 Å². The molecule has 1 aromatic carbocycles. The zero-order valence-electron chi connectivity index (χ0n) is 12.6. The third-order valence-corrected chi connectivity index (χ3v) is 5.96. The second-order valence-corrected chi connectivity index (χ2v) is 7.29. The van der Waals surface area contributed by atoms with E-state index in [4.69, 9.17) is 4.74 Å². The van der Waals surface area contributed by atoms with E-state index in [9.17, 15) is 18.0 Å². The molecule has 9 heteroatoms. The third-order valence-electron chi connectivity index (χ3n) is 4.06. The molecule has 0 saturated carbocycles. The number of carbonyl (C=O) groups is 2. The van der Waals surface area contributed by atoms with Gasteiger partial charge in [-0.15, -0.1) is 0 Å². The Morgan fingerprint density at radius 3 is 2.65 bits per heavy atom. The van der Waals surface area contributed by atoms with Crippen molar-refractivity contribution in [3.05, 3.63) is 24.3 Å². The average Bonchev–Trinajstić information content (AvgIpc) is 3.14. The summed E-state index contributed by atoms with van der Waals surface area (Å²) >= 11 is 0. The minimum atomic E-state index is -3.74. The molecule has 0 spiro atoms. The van der Waals surface area contributed by atoms with Gasteiger partial charge in [-0.2, -0.15) is 4.31 Å². The normalized spacial score (nSPS) is 22.5. The number of rotatable bonds is 4. The molecular weight excluding hydrogens is 322 g/mol. The molecule has 3 rings (SSSR count). The Hall–Kier alpha value is -2.13. The lowest BCUT2D eigenvalue weighted by Crippen LogP contribution is -2.42. The summed E-state index contributed by atoms with van der Waals surface area (Å²) in [4.78, 5) is 24.7. The van der Waals surface area contributed by atoms with E-state index >= 15 is 0 Å². The summed E-state index contributed by atoms with van der Waals surface area (Å²) in [6.07, 6.45) is 0.424. The number of carbonyl (C=O) groups excluding carboxylic acids is 2. The van der Waals surface area contributed by atoms with Crippen molar-refractivity contribution in [3.8, 4) is 5.75 Å². The lowest BCUT2D eigenvalue weighted by Gasteiger charge is -2.22. The molecule has 1 aromatic rings. The SMILES string of the molecule is COc1ccccc1S(=O)(=O)N1CC[C@@H](N2C(=O)CNC2=O)C1. The molecule has 0 aliphatic carbocycles.